The molecule has 0 aliphatic carbocycles. The first kappa shape index (κ1) is 21.5. The average Bonchev–Trinajstić information content (AvgIpc) is 2.66. The van der Waals surface area contributed by atoms with Crippen molar-refractivity contribution >= 4 is 36.5 Å². The SMILES string of the molecule is COC(=O)c1cc(C(C)(C)C)cc(C(=O)OC)c1[Te]CCc1ccccc1. The fourth-order valence-corrected chi connectivity index (χ4v) is 5.90. The molecule has 0 aliphatic rings. The van der Waals surface area contributed by atoms with Crippen molar-refractivity contribution in [1.29, 1.82) is 0 Å². The van der Waals surface area contributed by atoms with Gasteiger partial charge in [0.25, 0.3) is 0 Å². The second kappa shape index (κ2) is 9.39. The van der Waals surface area contributed by atoms with E-state index in [4.69, 9.17) is 9.47 Å². The Labute approximate surface area is 171 Å². The predicted molar refractivity (Wildman–Crippen MR) is 108 cm³/mol. The monoisotopic (exact) mass is 484 g/mol. The molecule has 0 bridgehead atoms. The summed E-state index contributed by atoms with van der Waals surface area (Å²) in [7, 11) is 2.75. The van der Waals surface area contributed by atoms with Gasteiger partial charge in [-0.3, -0.25) is 0 Å². The molecule has 0 amide bonds. The molecule has 0 fully saturated rings. The number of rotatable bonds is 6. The van der Waals surface area contributed by atoms with Crippen LogP contribution in [0.1, 0.15) is 52.6 Å². The fourth-order valence-electron chi connectivity index (χ4n) is 2.66. The molecular formula is C22H26O4Te. The molecule has 0 N–H and O–H groups in total. The number of benzene rings is 2. The summed E-state index contributed by atoms with van der Waals surface area (Å²) in [5.41, 5.74) is 2.98. The summed E-state index contributed by atoms with van der Waals surface area (Å²) in [5, 5.41) is 0. The van der Waals surface area contributed by atoms with Crippen LogP contribution in [0.2, 0.25) is 4.47 Å². The van der Waals surface area contributed by atoms with Crippen molar-refractivity contribution in [2.45, 2.75) is 37.1 Å². The topological polar surface area (TPSA) is 52.6 Å². The van der Waals surface area contributed by atoms with Gasteiger partial charge in [-0.25, -0.2) is 0 Å². The Bertz CT molecular complexity index is 770. The van der Waals surface area contributed by atoms with E-state index in [-0.39, 0.29) is 5.41 Å². The summed E-state index contributed by atoms with van der Waals surface area (Å²) in [6.07, 6.45) is 0.922. The Kier molecular flexibility index (Phi) is 7.47. The standard InChI is InChI=1S/C22H26O4Te/c1-22(2,3)16-13-17(20(23)25-4)19(18(14-16)21(24)26-5)27-12-11-15-9-7-6-8-10-15/h6-10,13-14H,11-12H2,1-5H3. The maximum atomic E-state index is 12.5. The third kappa shape index (κ3) is 5.57. The molecule has 144 valence electrons. The van der Waals surface area contributed by atoms with Gasteiger partial charge in [-0.2, -0.15) is 0 Å². The molecule has 0 aliphatic heterocycles. The van der Waals surface area contributed by atoms with Gasteiger partial charge in [-0.05, 0) is 0 Å². The molecule has 0 unspecified atom stereocenters. The van der Waals surface area contributed by atoms with Crippen molar-refractivity contribution in [3.8, 4) is 0 Å². The molecule has 2 rings (SSSR count). The van der Waals surface area contributed by atoms with Gasteiger partial charge in [-0.1, -0.05) is 0 Å². The normalized spacial score (nSPS) is 11.1. The molecule has 0 saturated heterocycles. The minimum absolute atomic E-state index is 0.200. The molecular weight excluding hydrogens is 456 g/mol. The Morgan fingerprint density at radius 1 is 0.926 bits per heavy atom. The van der Waals surface area contributed by atoms with Crippen LogP contribution in [0.4, 0.5) is 0 Å². The van der Waals surface area contributed by atoms with Crippen LogP contribution in [0.15, 0.2) is 42.5 Å². The summed E-state index contributed by atoms with van der Waals surface area (Å²) >= 11 is -0.785. The number of carbonyl (C=O) groups excluding carboxylic acids is 2. The first-order chi connectivity index (χ1) is 12.8. The van der Waals surface area contributed by atoms with Crippen molar-refractivity contribution in [3.05, 3.63) is 64.7 Å². The molecule has 0 heterocycles. The van der Waals surface area contributed by atoms with Gasteiger partial charge in [-0.15, -0.1) is 0 Å². The Balaban J connectivity index is 2.44. The quantitative estimate of drug-likeness (QED) is 0.467. The molecule has 0 atom stereocenters. The zero-order valence-corrected chi connectivity index (χ0v) is 18.8. The molecule has 0 spiro atoms. The van der Waals surface area contributed by atoms with Crippen molar-refractivity contribution in [2.75, 3.05) is 14.2 Å². The van der Waals surface area contributed by atoms with Crippen molar-refractivity contribution in [2.24, 2.45) is 0 Å². The van der Waals surface area contributed by atoms with E-state index in [1.165, 1.54) is 19.8 Å². The van der Waals surface area contributed by atoms with E-state index >= 15 is 0 Å². The van der Waals surface area contributed by atoms with E-state index in [1.54, 1.807) is 0 Å². The van der Waals surface area contributed by atoms with E-state index in [1.807, 2.05) is 30.3 Å². The van der Waals surface area contributed by atoms with Crippen molar-refractivity contribution < 1.29 is 19.1 Å². The summed E-state index contributed by atoms with van der Waals surface area (Å²) in [5.74, 6) is -0.794. The van der Waals surface area contributed by atoms with E-state index < -0.39 is 32.9 Å². The number of hydrogen-bond acceptors (Lipinski definition) is 4. The molecule has 2 aromatic rings. The zero-order chi connectivity index (χ0) is 20.0. The first-order valence-corrected chi connectivity index (χ1v) is 11.6. The van der Waals surface area contributed by atoms with Gasteiger partial charge in [0, 0.05) is 0 Å². The number of ether oxygens (including phenoxy) is 2. The fraction of sp³-hybridized carbons (Fsp3) is 0.364. The van der Waals surface area contributed by atoms with Crippen molar-refractivity contribution in [3.63, 3.8) is 0 Å². The molecule has 27 heavy (non-hydrogen) atoms. The first-order valence-electron chi connectivity index (χ1n) is 8.79. The second-order valence-corrected chi connectivity index (χ2v) is 10.4. The van der Waals surface area contributed by atoms with Crippen LogP contribution in [0.3, 0.4) is 0 Å². The van der Waals surface area contributed by atoms with E-state index in [0.717, 1.165) is 20.1 Å². The van der Waals surface area contributed by atoms with Gasteiger partial charge in [0.15, 0.2) is 0 Å². The number of hydrogen-bond donors (Lipinski definition) is 0. The van der Waals surface area contributed by atoms with Crippen LogP contribution < -0.4 is 3.61 Å². The van der Waals surface area contributed by atoms with Crippen LogP contribution in [0.5, 0.6) is 0 Å². The Hall–Kier alpha value is -1.83. The molecule has 2 aromatic carbocycles. The number of carbonyl (C=O) groups is 2. The molecule has 0 saturated carbocycles. The van der Waals surface area contributed by atoms with Crippen LogP contribution in [-0.4, -0.2) is 47.1 Å². The van der Waals surface area contributed by atoms with Crippen molar-refractivity contribution in [1.82, 2.24) is 0 Å². The summed E-state index contributed by atoms with van der Waals surface area (Å²) in [4.78, 5) is 24.9. The molecule has 4 nitrogen and oxygen atoms in total. The van der Waals surface area contributed by atoms with Gasteiger partial charge in [0.1, 0.15) is 0 Å². The van der Waals surface area contributed by atoms with Gasteiger partial charge < -0.3 is 0 Å². The van der Waals surface area contributed by atoms with Crippen LogP contribution in [-0.2, 0) is 21.3 Å². The Morgan fingerprint density at radius 2 is 1.44 bits per heavy atom. The second-order valence-electron chi connectivity index (χ2n) is 7.22. The minimum atomic E-state index is -0.785. The number of aryl methyl sites for hydroxylation is 1. The summed E-state index contributed by atoms with van der Waals surface area (Å²) in [6, 6.07) is 14.0. The average molecular weight is 482 g/mol. The van der Waals surface area contributed by atoms with Gasteiger partial charge in [0.05, 0.1) is 0 Å². The molecule has 0 aromatic heterocycles. The number of methoxy groups -OCH3 is 2. The third-order valence-corrected chi connectivity index (χ3v) is 7.49. The van der Waals surface area contributed by atoms with Gasteiger partial charge >= 0.3 is 172 Å². The summed E-state index contributed by atoms with van der Waals surface area (Å²) in [6.45, 7) is 6.16. The predicted octanol–water partition coefficient (Wildman–Crippen LogP) is 3.55. The van der Waals surface area contributed by atoms with E-state index in [9.17, 15) is 9.59 Å². The van der Waals surface area contributed by atoms with E-state index in [0.29, 0.717) is 11.1 Å². The van der Waals surface area contributed by atoms with Crippen LogP contribution in [0.25, 0.3) is 0 Å². The van der Waals surface area contributed by atoms with Crippen LogP contribution in [0, 0.1) is 0 Å². The molecule has 5 heteroatoms. The number of esters is 2. The zero-order valence-electron chi connectivity index (χ0n) is 16.5. The maximum absolute atomic E-state index is 12.5. The Morgan fingerprint density at radius 3 is 1.89 bits per heavy atom. The van der Waals surface area contributed by atoms with E-state index in [2.05, 4.69) is 32.9 Å². The van der Waals surface area contributed by atoms with Gasteiger partial charge in [0.2, 0.25) is 0 Å². The summed E-state index contributed by atoms with van der Waals surface area (Å²) < 4.78 is 11.8. The van der Waals surface area contributed by atoms with Crippen LogP contribution >= 0.6 is 0 Å². The third-order valence-electron chi connectivity index (χ3n) is 4.25. The molecule has 0 radical (unpaired) electrons.